The van der Waals surface area contributed by atoms with Crippen LogP contribution in [0, 0.1) is 5.92 Å². The van der Waals surface area contributed by atoms with E-state index in [0.29, 0.717) is 6.54 Å². The number of imidazole rings is 1. The lowest BCUT2D eigenvalue weighted by Gasteiger charge is -2.21. The molecule has 3 heterocycles. The Morgan fingerprint density at radius 1 is 1.38 bits per heavy atom. The summed E-state index contributed by atoms with van der Waals surface area (Å²) in [6, 6.07) is 0. The van der Waals surface area contributed by atoms with E-state index in [-0.39, 0.29) is 28.9 Å². The second kappa shape index (κ2) is 6.85. The van der Waals surface area contributed by atoms with Crippen LogP contribution >= 0.6 is 0 Å². The molecule has 1 aliphatic carbocycles. The molecule has 29 heavy (non-hydrogen) atoms. The summed E-state index contributed by atoms with van der Waals surface area (Å²) in [5, 5.41) is 19.8. The number of ether oxygens (including phenoxy) is 2. The van der Waals surface area contributed by atoms with E-state index in [2.05, 4.69) is 9.97 Å². The Labute approximate surface area is 161 Å². The Hall–Kier alpha value is -2.38. The van der Waals surface area contributed by atoms with Crippen molar-refractivity contribution < 1.29 is 32.9 Å². The molecule has 1 saturated carbocycles. The molecule has 160 valence electrons. The first-order valence-electron chi connectivity index (χ1n) is 9.02. The minimum Gasteiger partial charge on any atom is -0.479 e. The van der Waals surface area contributed by atoms with Crippen molar-refractivity contribution in [3.63, 3.8) is 0 Å². The van der Waals surface area contributed by atoms with Gasteiger partial charge in [-0.05, 0) is 18.8 Å². The van der Waals surface area contributed by atoms with E-state index in [0.717, 1.165) is 17.4 Å². The first-order chi connectivity index (χ1) is 13.6. The summed E-state index contributed by atoms with van der Waals surface area (Å²) < 4.78 is 51.4. The van der Waals surface area contributed by atoms with Gasteiger partial charge in [-0.3, -0.25) is 4.57 Å². The highest BCUT2D eigenvalue weighted by Crippen LogP contribution is 2.38. The number of halogens is 3. The molecule has 0 bridgehead atoms. The fourth-order valence-corrected chi connectivity index (χ4v) is 3.59. The quantitative estimate of drug-likeness (QED) is 0.624. The molecular weight excluding hydrogens is 399 g/mol. The summed E-state index contributed by atoms with van der Waals surface area (Å²) in [7, 11) is 1.33. The van der Waals surface area contributed by atoms with Gasteiger partial charge < -0.3 is 25.4 Å². The van der Waals surface area contributed by atoms with Gasteiger partial charge in [-0.15, -0.1) is 0 Å². The summed E-state index contributed by atoms with van der Waals surface area (Å²) in [6.07, 6.45) is -11.1. The van der Waals surface area contributed by atoms with Crippen molar-refractivity contribution in [2.45, 2.75) is 56.5 Å². The van der Waals surface area contributed by atoms with Gasteiger partial charge in [-0.25, -0.2) is 9.36 Å². The monoisotopic (exact) mass is 419 g/mol. The first kappa shape index (κ1) is 19.9. The predicted octanol–water partition coefficient (Wildman–Crippen LogP) is 0.165. The Balaban J connectivity index is 1.82. The molecule has 10 nitrogen and oxygen atoms in total. The Morgan fingerprint density at radius 3 is 2.66 bits per heavy atom. The standard InChI is InChI=1S/C16H20F3N5O5/c1-28-12-9-11(21-14(20)22-12)24(15(27)23(9)5-6-2-3-6)13-7(25)4-8(29-13)10(26)16(17,18)19/h6-8,10,13,25-26H,2-5H2,1H3,(H2,20,21,22)/t7-,8+,10?,13-/m1/s1. The van der Waals surface area contributed by atoms with Crippen LogP contribution in [0.3, 0.4) is 0 Å². The lowest BCUT2D eigenvalue weighted by Crippen LogP contribution is -2.39. The topological polar surface area (TPSA) is 138 Å². The molecule has 1 unspecified atom stereocenters. The van der Waals surface area contributed by atoms with E-state index < -0.39 is 42.8 Å². The largest absolute Gasteiger partial charge is 0.479 e. The molecular formula is C16H20F3N5O5. The van der Waals surface area contributed by atoms with Crippen LogP contribution in [0.25, 0.3) is 11.2 Å². The Bertz CT molecular complexity index is 986. The molecule has 4 atom stereocenters. The van der Waals surface area contributed by atoms with Gasteiger partial charge >= 0.3 is 11.9 Å². The van der Waals surface area contributed by atoms with E-state index in [4.69, 9.17) is 15.2 Å². The number of aliphatic hydroxyl groups excluding tert-OH is 2. The van der Waals surface area contributed by atoms with Crippen molar-refractivity contribution in [3.8, 4) is 5.88 Å². The number of rotatable bonds is 5. The van der Waals surface area contributed by atoms with Gasteiger partial charge in [0.15, 0.2) is 23.5 Å². The van der Waals surface area contributed by atoms with Crippen LogP contribution in [0.5, 0.6) is 5.88 Å². The molecule has 4 N–H and O–H groups in total. The van der Waals surface area contributed by atoms with Crippen LogP contribution in [0.1, 0.15) is 25.5 Å². The lowest BCUT2D eigenvalue weighted by molar-refractivity contribution is -0.237. The first-order valence-corrected chi connectivity index (χ1v) is 9.02. The Morgan fingerprint density at radius 2 is 2.07 bits per heavy atom. The van der Waals surface area contributed by atoms with Crippen molar-refractivity contribution >= 4 is 17.1 Å². The highest BCUT2D eigenvalue weighted by molar-refractivity contribution is 5.78. The maximum Gasteiger partial charge on any atom is 0.416 e. The van der Waals surface area contributed by atoms with Crippen LogP contribution in [0.15, 0.2) is 4.79 Å². The smallest absolute Gasteiger partial charge is 0.416 e. The molecule has 2 fully saturated rings. The molecule has 13 heteroatoms. The number of nitrogens with zero attached hydrogens (tertiary/aromatic N) is 4. The Kier molecular flexibility index (Phi) is 4.70. The highest BCUT2D eigenvalue weighted by Gasteiger charge is 2.50. The van der Waals surface area contributed by atoms with Crippen LogP contribution in [0.4, 0.5) is 19.1 Å². The number of fused-ring (bicyclic) bond motifs is 1. The summed E-state index contributed by atoms with van der Waals surface area (Å²) in [5.41, 5.74) is 5.24. The normalized spacial score (nSPS) is 26.2. The number of aromatic nitrogens is 4. The SMILES string of the molecule is COc1nc(N)nc2c1n(CC1CC1)c(=O)n2[C@@H]1O[C@H](C(O)C(F)(F)F)C[C@H]1O. The summed E-state index contributed by atoms with van der Waals surface area (Å²) in [6.45, 7) is 0.337. The maximum absolute atomic E-state index is 13.1. The van der Waals surface area contributed by atoms with Crippen LogP contribution in [-0.2, 0) is 11.3 Å². The predicted molar refractivity (Wildman–Crippen MR) is 92.1 cm³/mol. The van der Waals surface area contributed by atoms with Crippen LogP contribution in [-0.4, -0.2) is 60.9 Å². The third kappa shape index (κ3) is 3.42. The average Bonchev–Trinajstić information content (AvgIpc) is 3.33. The number of aliphatic hydroxyl groups is 2. The van der Waals surface area contributed by atoms with E-state index >= 15 is 0 Å². The number of hydrogen-bond donors (Lipinski definition) is 3. The highest BCUT2D eigenvalue weighted by atomic mass is 19.4. The fraction of sp³-hybridized carbons (Fsp3) is 0.688. The van der Waals surface area contributed by atoms with E-state index in [9.17, 15) is 28.2 Å². The molecule has 0 aromatic carbocycles. The molecule has 2 aromatic rings. The van der Waals surface area contributed by atoms with E-state index in [1.54, 1.807) is 0 Å². The van der Waals surface area contributed by atoms with Gasteiger partial charge in [0.05, 0.1) is 13.2 Å². The third-order valence-electron chi connectivity index (χ3n) is 5.18. The van der Waals surface area contributed by atoms with Crippen LogP contribution in [0.2, 0.25) is 0 Å². The lowest BCUT2D eigenvalue weighted by atomic mass is 10.1. The number of anilines is 1. The zero-order valence-corrected chi connectivity index (χ0v) is 15.3. The van der Waals surface area contributed by atoms with Gasteiger partial charge in [-0.1, -0.05) is 0 Å². The average molecular weight is 419 g/mol. The molecule has 0 amide bonds. The van der Waals surface area contributed by atoms with Crippen LogP contribution < -0.4 is 16.2 Å². The van der Waals surface area contributed by atoms with Crippen molar-refractivity contribution in [1.82, 2.24) is 19.1 Å². The molecule has 1 saturated heterocycles. The summed E-state index contributed by atoms with van der Waals surface area (Å²) in [4.78, 5) is 21.1. The van der Waals surface area contributed by atoms with Gasteiger partial charge in [0.2, 0.25) is 11.8 Å². The molecule has 4 rings (SSSR count). The number of nitrogens with two attached hydrogens (primary N) is 1. The van der Waals surface area contributed by atoms with E-state index in [1.165, 1.54) is 11.7 Å². The number of alkyl halides is 3. The molecule has 1 aliphatic heterocycles. The molecule has 2 aromatic heterocycles. The third-order valence-corrected chi connectivity index (χ3v) is 5.18. The number of nitrogen functional groups attached to an aromatic ring is 1. The van der Waals surface area contributed by atoms with Gasteiger partial charge in [0.25, 0.3) is 0 Å². The van der Waals surface area contributed by atoms with Crippen molar-refractivity contribution in [3.05, 3.63) is 10.5 Å². The van der Waals surface area contributed by atoms with Crippen molar-refractivity contribution in [2.24, 2.45) is 5.92 Å². The summed E-state index contributed by atoms with van der Waals surface area (Å²) >= 11 is 0. The van der Waals surface area contributed by atoms with Gasteiger partial charge in [0, 0.05) is 13.0 Å². The molecule has 0 radical (unpaired) electrons. The number of hydrogen-bond acceptors (Lipinski definition) is 8. The van der Waals surface area contributed by atoms with E-state index in [1.807, 2.05) is 0 Å². The maximum atomic E-state index is 13.1. The minimum absolute atomic E-state index is 0.0220. The second-order valence-corrected chi connectivity index (χ2v) is 7.32. The van der Waals surface area contributed by atoms with Gasteiger partial charge in [-0.2, -0.15) is 23.1 Å². The summed E-state index contributed by atoms with van der Waals surface area (Å²) in [5.74, 6) is 0.0811. The van der Waals surface area contributed by atoms with Gasteiger partial charge in [0.1, 0.15) is 6.10 Å². The zero-order valence-electron chi connectivity index (χ0n) is 15.3. The molecule has 0 spiro atoms. The second-order valence-electron chi connectivity index (χ2n) is 7.32. The van der Waals surface area contributed by atoms with Crippen molar-refractivity contribution in [1.29, 1.82) is 0 Å². The fourth-order valence-electron chi connectivity index (χ4n) is 3.59. The van der Waals surface area contributed by atoms with Crippen molar-refractivity contribution in [2.75, 3.05) is 12.8 Å². The zero-order chi connectivity index (χ0) is 21.1. The number of methoxy groups -OCH3 is 1. The minimum atomic E-state index is -4.93. The molecule has 2 aliphatic rings.